The molecular formula is C29H23N5OS. The number of pyridine rings is 1. The smallest absolute Gasteiger partial charge is 0.323 e. The van der Waals surface area contributed by atoms with Crippen LogP contribution in [0.3, 0.4) is 0 Å². The van der Waals surface area contributed by atoms with Crippen LogP contribution in [-0.4, -0.2) is 16.0 Å². The number of aromatic amines is 1. The molecule has 0 saturated carbocycles. The summed E-state index contributed by atoms with van der Waals surface area (Å²) in [7, 11) is 0. The van der Waals surface area contributed by atoms with Gasteiger partial charge in [-0.25, -0.2) is 9.78 Å². The molecule has 0 aliphatic carbocycles. The van der Waals surface area contributed by atoms with Crippen LogP contribution in [0.15, 0.2) is 90.6 Å². The monoisotopic (exact) mass is 489 g/mol. The average Bonchev–Trinajstić information content (AvgIpc) is 3.52. The normalized spacial score (nSPS) is 11.1. The molecule has 3 heterocycles. The van der Waals surface area contributed by atoms with E-state index in [2.05, 4.69) is 50.2 Å². The maximum absolute atomic E-state index is 12.4. The van der Waals surface area contributed by atoms with Gasteiger partial charge in [-0.15, -0.1) is 11.3 Å². The number of urea groups is 1. The number of aromatic nitrogens is 2. The van der Waals surface area contributed by atoms with Gasteiger partial charge in [-0.2, -0.15) is 0 Å². The highest BCUT2D eigenvalue weighted by Crippen LogP contribution is 2.42. The van der Waals surface area contributed by atoms with Crippen LogP contribution in [0.5, 0.6) is 0 Å². The van der Waals surface area contributed by atoms with E-state index in [1.807, 2.05) is 67.8 Å². The fraction of sp³-hybridized carbons (Fsp3) is 0.0345. The Morgan fingerprint density at radius 2 is 1.72 bits per heavy atom. The summed E-state index contributed by atoms with van der Waals surface area (Å²) in [6.07, 6.45) is 3.79. The van der Waals surface area contributed by atoms with Crippen LogP contribution >= 0.6 is 11.3 Å². The summed E-state index contributed by atoms with van der Waals surface area (Å²) in [6.45, 7) is 1.99. The van der Waals surface area contributed by atoms with Crippen molar-refractivity contribution in [2.75, 3.05) is 16.4 Å². The first kappa shape index (κ1) is 21.9. The van der Waals surface area contributed by atoms with E-state index in [-0.39, 0.29) is 6.03 Å². The van der Waals surface area contributed by atoms with E-state index in [1.54, 1.807) is 11.3 Å². The number of hydrogen-bond donors (Lipinski definition) is 4. The number of amides is 2. The first-order valence-corrected chi connectivity index (χ1v) is 12.4. The van der Waals surface area contributed by atoms with Crippen molar-refractivity contribution in [3.05, 3.63) is 96.1 Å². The second-order valence-corrected chi connectivity index (χ2v) is 9.60. The number of nitrogens with zero attached hydrogens (tertiary/aromatic N) is 1. The van der Waals surface area contributed by atoms with E-state index in [0.29, 0.717) is 11.5 Å². The highest BCUT2D eigenvalue weighted by Gasteiger charge is 2.16. The minimum atomic E-state index is -0.286. The molecule has 176 valence electrons. The molecule has 0 aliphatic rings. The van der Waals surface area contributed by atoms with E-state index in [4.69, 9.17) is 5.73 Å². The zero-order chi connectivity index (χ0) is 24.6. The van der Waals surface area contributed by atoms with Crippen molar-refractivity contribution in [1.29, 1.82) is 0 Å². The molecule has 3 aromatic heterocycles. The lowest BCUT2D eigenvalue weighted by atomic mass is 10.0. The van der Waals surface area contributed by atoms with E-state index in [1.165, 1.54) is 5.39 Å². The van der Waals surface area contributed by atoms with Gasteiger partial charge in [0.2, 0.25) is 0 Å². The Labute approximate surface area is 211 Å². The number of hydrogen-bond acceptors (Lipinski definition) is 4. The van der Waals surface area contributed by atoms with Crippen molar-refractivity contribution < 1.29 is 4.79 Å². The van der Waals surface area contributed by atoms with Gasteiger partial charge >= 0.3 is 6.03 Å². The lowest BCUT2D eigenvalue weighted by Gasteiger charge is -2.10. The van der Waals surface area contributed by atoms with E-state index < -0.39 is 0 Å². The number of H-pyrrole nitrogens is 1. The zero-order valence-electron chi connectivity index (χ0n) is 19.5. The quantitative estimate of drug-likeness (QED) is 0.205. The van der Waals surface area contributed by atoms with Crippen LogP contribution in [0.1, 0.15) is 5.56 Å². The highest BCUT2D eigenvalue weighted by molar-refractivity contribution is 7.18. The minimum absolute atomic E-state index is 0.286. The van der Waals surface area contributed by atoms with Crippen molar-refractivity contribution in [1.82, 2.24) is 9.97 Å². The Bertz CT molecular complexity index is 1730. The number of carbonyl (C=O) groups excluding carboxylic acids is 1. The molecule has 5 N–H and O–H groups in total. The molecule has 0 saturated heterocycles. The number of carbonyl (C=O) groups is 1. The molecule has 0 fully saturated rings. The van der Waals surface area contributed by atoms with Gasteiger partial charge in [0, 0.05) is 50.5 Å². The topological polar surface area (TPSA) is 95.8 Å². The van der Waals surface area contributed by atoms with Gasteiger partial charge in [-0.3, -0.25) is 0 Å². The summed E-state index contributed by atoms with van der Waals surface area (Å²) < 4.78 is 1.10. The van der Waals surface area contributed by atoms with Crippen LogP contribution in [0.2, 0.25) is 0 Å². The van der Waals surface area contributed by atoms with Gasteiger partial charge in [0.1, 0.15) is 5.82 Å². The number of nitrogens with one attached hydrogen (secondary N) is 3. The second kappa shape index (κ2) is 8.87. The zero-order valence-corrected chi connectivity index (χ0v) is 20.3. The van der Waals surface area contributed by atoms with Gasteiger partial charge in [-0.1, -0.05) is 36.4 Å². The van der Waals surface area contributed by atoms with E-state index in [0.717, 1.165) is 49.1 Å². The predicted octanol–water partition coefficient (Wildman–Crippen LogP) is 7.65. The number of rotatable bonds is 4. The molecular weight excluding hydrogens is 466 g/mol. The first-order chi connectivity index (χ1) is 17.5. The summed E-state index contributed by atoms with van der Waals surface area (Å²) in [5.74, 6) is 0.505. The Hall–Kier alpha value is -4.62. The van der Waals surface area contributed by atoms with Crippen LogP contribution < -0.4 is 16.4 Å². The minimum Gasteiger partial charge on any atom is -0.383 e. The maximum atomic E-state index is 12.4. The third kappa shape index (κ3) is 4.06. The number of benzene rings is 3. The number of anilines is 3. The molecule has 7 heteroatoms. The summed E-state index contributed by atoms with van der Waals surface area (Å²) in [6, 6.07) is 23.6. The third-order valence-corrected chi connectivity index (χ3v) is 7.23. The van der Waals surface area contributed by atoms with Crippen molar-refractivity contribution in [2.45, 2.75) is 6.92 Å². The maximum Gasteiger partial charge on any atom is 0.323 e. The molecule has 6 rings (SSSR count). The lowest BCUT2D eigenvalue weighted by Crippen LogP contribution is -2.19. The third-order valence-electron chi connectivity index (χ3n) is 6.22. The van der Waals surface area contributed by atoms with Crippen LogP contribution in [0, 0.1) is 6.92 Å². The highest BCUT2D eigenvalue weighted by atomic mass is 32.1. The van der Waals surface area contributed by atoms with Crippen LogP contribution in [-0.2, 0) is 0 Å². The molecule has 0 bridgehead atoms. The Morgan fingerprint density at radius 1 is 0.917 bits per heavy atom. The van der Waals surface area contributed by atoms with Crippen molar-refractivity contribution >= 4 is 55.5 Å². The fourth-order valence-corrected chi connectivity index (χ4v) is 5.57. The number of nitrogens with two attached hydrogens (primary N) is 1. The molecule has 3 aromatic carbocycles. The molecule has 0 aliphatic heterocycles. The molecule has 0 atom stereocenters. The van der Waals surface area contributed by atoms with Gasteiger partial charge in [0.25, 0.3) is 0 Å². The van der Waals surface area contributed by atoms with Crippen molar-refractivity contribution in [2.24, 2.45) is 0 Å². The molecule has 0 radical (unpaired) electrons. The molecule has 0 unspecified atom stereocenters. The van der Waals surface area contributed by atoms with Gasteiger partial charge in [0.15, 0.2) is 0 Å². The summed E-state index contributed by atoms with van der Waals surface area (Å²) >= 11 is 1.66. The molecule has 6 nitrogen and oxygen atoms in total. The molecule has 36 heavy (non-hydrogen) atoms. The summed E-state index contributed by atoms with van der Waals surface area (Å²) in [5, 5.41) is 9.98. The Kier molecular flexibility index (Phi) is 5.39. The Balaban J connectivity index is 1.28. The van der Waals surface area contributed by atoms with Gasteiger partial charge in [0.05, 0.1) is 0 Å². The van der Waals surface area contributed by atoms with Crippen LogP contribution in [0.4, 0.5) is 22.0 Å². The van der Waals surface area contributed by atoms with E-state index >= 15 is 0 Å². The molecule has 0 spiro atoms. The van der Waals surface area contributed by atoms with E-state index in [9.17, 15) is 4.79 Å². The molecule has 2 amide bonds. The predicted molar refractivity (Wildman–Crippen MR) is 151 cm³/mol. The van der Waals surface area contributed by atoms with Gasteiger partial charge < -0.3 is 21.4 Å². The number of thiophene rings is 1. The number of fused-ring (bicyclic) bond motifs is 2. The summed E-state index contributed by atoms with van der Waals surface area (Å²) in [4.78, 5) is 20.2. The number of aryl methyl sites for hydroxylation is 1. The fourth-order valence-electron chi connectivity index (χ4n) is 4.45. The SMILES string of the molecule is Cc1cccc(NC(=O)Nc2ccc(-c3csc4c(-c5ccc6cc[nH]c6c5)cnc(N)c34)cc2)c1. The lowest BCUT2D eigenvalue weighted by molar-refractivity contribution is 0.262. The standard InChI is InChI=1S/C29H23N5OS/c1-17-3-2-4-22(13-17)34-29(35)33-21-9-7-18(8-10-21)24-16-36-27-23(15-32-28(30)26(24)27)20-6-5-19-11-12-31-25(19)14-20/h2-16,31H,1H3,(H2,30,32)(H2,33,34,35). The van der Waals surface area contributed by atoms with Crippen LogP contribution in [0.25, 0.3) is 43.2 Å². The molecule has 6 aromatic rings. The Morgan fingerprint density at radius 3 is 2.56 bits per heavy atom. The average molecular weight is 490 g/mol. The van der Waals surface area contributed by atoms with Gasteiger partial charge in [-0.05, 0) is 70.8 Å². The first-order valence-electron chi connectivity index (χ1n) is 11.5. The largest absolute Gasteiger partial charge is 0.383 e. The van der Waals surface area contributed by atoms with Crippen molar-refractivity contribution in [3.8, 4) is 22.3 Å². The summed E-state index contributed by atoms with van der Waals surface area (Å²) in [5.41, 5.74) is 14.2. The number of nitrogen functional groups attached to an aromatic ring is 1. The van der Waals surface area contributed by atoms with Crippen molar-refractivity contribution in [3.63, 3.8) is 0 Å². The second-order valence-electron chi connectivity index (χ2n) is 8.72.